The standard InChI is InChI=1S/C19H24N2O5S/c1-14(2)26-12-6-11-20-18-10-9-16(13-17(18)19(22)23)27(24,25)21-15-7-4-3-5-8-15/h3-5,7-10,13-14,20-21H,6,11-12H2,1-2H3,(H,22,23). The highest BCUT2D eigenvalue weighted by Crippen LogP contribution is 2.23. The van der Waals surface area contributed by atoms with Crippen LogP contribution in [0, 0.1) is 0 Å². The first-order valence-corrected chi connectivity index (χ1v) is 10.1. The van der Waals surface area contributed by atoms with E-state index in [0.717, 1.165) is 6.07 Å². The van der Waals surface area contributed by atoms with Gasteiger partial charge in [0.15, 0.2) is 0 Å². The van der Waals surface area contributed by atoms with Crippen LogP contribution in [-0.2, 0) is 14.8 Å². The molecule has 2 aromatic carbocycles. The predicted molar refractivity (Wildman–Crippen MR) is 105 cm³/mol. The number of para-hydroxylation sites is 1. The number of ether oxygens (including phenoxy) is 1. The van der Waals surface area contributed by atoms with Crippen molar-refractivity contribution in [1.29, 1.82) is 0 Å². The second-order valence-electron chi connectivity index (χ2n) is 6.18. The molecule has 2 aromatic rings. The minimum absolute atomic E-state index is 0.101. The smallest absolute Gasteiger partial charge is 0.337 e. The van der Waals surface area contributed by atoms with Crippen LogP contribution >= 0.6 is 0 Å². The van der Waals surface area contributed by atoms with Crippen LogP contribution in [0.4, 0.5) is 11.4 Å². The van der Waals surface area contributed by atoms with E-state index in [-0.39, 0.29) is 16.6 Å². The molecule has 0 saturated heterocycles. The van der Waals surface area contributed by atoms with Gasteiger partial charge in [-0.05, 0) is 50.6 Å². The maximum absolute atomic E-state index is 12.5. The summed E-state index contributed by atoms with van der Waals surface area (Å²) in [7, 11) is -3.89. The molecule has 0 heterocycles. The Balaban J connectivity index is 2.13. The minimum atomic E-state index is -3.89. The third kappa shape index (κ3) is 6.26. The van der Waals surface area contributed by atoms with Crippen molar-refractivity contribution in [2.45, 2.75) is 31.3 Å². The maximum Gasteiger partial charge on any atom is 0.337 e. The Kier molecular flexibility index (Phi) is 7.20. The summed E-state index contributed by atoms with van der Waals surface area (Å²) in [5.41, 5.74) is 0.670. The zero-order valence-corrected chi connectivity index (χ0v) is 16.1. The van der Waals surface area contributed by atoms with Crippen molar-refractivity contribution >= 4 is 27.4 Å². The monoisotopic (exact) mass is 392 g/mol. The molecule has 0 aliphatic carbocycles. The third-order valence-corrected chi connectivity index (χ3v) is 5.02. The fourth-order valence-corrected chi connectivity index (χ4v) is 3.44. The van der Waals surface area contributed by atoms with Gasteiger partial charge in [-0.3, -0.25) is 4.72 Å². The number of carboxylic acid groups (broad SMARTS) is 1. The van der Waals surface area contributed by atoms with Gasteiger partial charge in [-0.2, -0.15) is 0 Å². The number of hydrogen-bond acceptors (Lipinski definition) is 5. The lowest BCUT2D eigenvalue weighted by Crippen LogP contribution is -2.15. The van der Waals surface area contributed by atoms with E-state index in [9.17, 15) is 18.3 Å². The van der Waals surface area contributed by atoms with Crippen molar-refractivity contribution in [3.8, 4) is 0 Å². The minimum Gasteiger partial charge on any atom is -0.478 e. The number of nitrogens with one attached hydrogen (secondary N) is 2. The van der Waals surface area contributed by atoms with Crippen molar-refractivity contribution in [3.63, 3.8) is 0 Å². The van der Waals surface area contributed by atoms with Gasteiger partial charge in [0.25, 0.3) is 10.0 Å². The second-order valence-corrected chi connectivity index (χ2v) is 7.87. The van der Waals surface area contributed by atoms with Gasteiger partial charge < -0.3 is 15.2 Å². The molecule has 0 radical (unpaired) electrons. The van der Waals surface area contributed by atoms with Crippen LogP contribution in [0.15, 0.2) is 53.4 Å². The van der Waals surface area contributed by atoms with E-state index >= 15 is 0 Å². The van der Waals surface area contributed by atoms with Gasteiger partial charge >= 0.3 is 5.97 Å². The van der Waals surface area contributed by atoms with Gasteiger partial charge in [0.2, 0.25) is 0 Å². The Bertz CT molecular complexity index is 867. The Morgan fingerprint density at radius 3 is 2.48 bits per heavy atom. The van der Waals surface area contributed by atoms with E-state index in [4.69, 9.17) is 4.74 Å². The SMILES string of the molecule is CC(C)OCCCNc1ccc(S(=O)(=O)Nc2ccccc2)cc1C(=O)O. The summed E-state index contributed by atoms with van der Waals surface area (Å²) in [6, 6.07) is 12.4. The molecule has 2 rings (SSSR count). The van der Waals surface area contributed by atoms with Crippen LogP contribution in [-0.4, -0.2) is 38.7 Å². The van der Waals surface area contributed by atoms with Crippen molar-refractivity contribution in [2.75, 3.05) is 23.2 Å². The Morgan fingerprint density at radius 2 is 1.85 bits per heavy atom. The normalized spacial score (nSPS) is 11.4. The lowest BCUT2D eigenvalue weighted by Gasteiger charge is -2.13. The van der Waals surface area contributed by atoms with Crippen LogP contribution in [0.5, 0.6) is 0 Å². The van der Waals surface area contributed by atoms with Crippen LogP contribution in [0.3, 0.4) is 0 Å². The molecule has 0 fully saturated rings. The largest absolute Gasteiger partial charge is 0.478 e. The molecule has 3 N–H and O–H groups in total. The zero-order valence-electron chi connectivity index (χ0n) is 15.3. The molecule has 0 saturated carbocycles. The lowest BCUT2D eigenvalue weighted by molar-refractivity contribution is 0.0697. The van der Waals surface area contributed by atoms with Gasteiger partial charge in [0.1, 0.15) is 0 Å². The maximum atomic E-state index is 12.5. The molecular weight excluding hydrogens is 368 g/mol. The van der Waals surface area contributed by atoms with E-state index < -0.39 is 16.0 Å². The van der Waals surface area contributed by atoms with Crippen molar-refractivity contribution < 1.29 is 23.1 Å². The number of benzene rings is 2. The van der Waals surface area contributed by atoms with E-state index in [2.05, 4.69) is 10.0 Å². The van der Waals surface area contributed by atoms with E-state index in [1.54, 1.807) is 30.3 Å². The summed E-state index contributed by atoms with van der Waals surface area (Å²) in [6.07, 6.45) is 0.841. The fourth-order valence-electron chi connectivity index (χ4n) is 2.36. The van der Waals surface area contributed by atoms with Crippen LogP contribution < -0.4 is 10.0 Å². The molecule has 0 unspecified atom stereocenters. The third-order valence-electron chi connectivity index (χ3n) is 3.65. The molecule has 8 heteroatoms. The summed E-state index contributed by atoms with van der Waals surface area (Å²) < 4.78 is 32.9. The fraction of sp³-hybridized carbons (Fsp3) is 0.316. The first-order chi connectivity index (χ1) is 12.8. The number of sulfonamides is 1. The van der Waals surface area contributed by atoms with Gasteiger partial charge in [0.05, 0.1) is 16.6 Å². The topological polar surface area (TPSA) is 105 Å². The molecule has 27 heavy (non-hydrogen) atoms. The first-order valence-electron chi connectivity index (χ1n) is 8.60. The lowest BCUT2D eigenvalue weighted by atomic mass is 10.2. The quantitative estimate of drug-likeness (QED) is 0.535. The molecule has 0 atom stereocenters. The molecule has 0 bridgehead atoms. The van der Waals surface area contributed by atoms with Gasteiger partial charge in [-0.25, -0.2) is 13.2 Å². The Hall–Kier alpha value is -2.58. The predicted octanol–water partition coefficient (Wildman–Crippen LogP) is 3.41. The number of hydrogen-bond donors (Lipinski definition) is 3. The van der Waals surface area contributed by atoms with Crippen molar-refractivity contribution in [2.24, 2.45) is 0 Å². The molecule has 0 aliphatic heterocycles. The average Bonchev–Trinajstić information content (AvgIpc) is 2.61. The Labute approximate surface area is 159 Å². The Morgan fingerprint density at radius 1 is 1.15 bits per heavy atom. The zero-order chi connectivity index (χ0) is 19.9. The van der Waals surface area contributed by atoms with Gasteiger partial charge in [-0.1, -0.05) is 18.2 Å². The molecule has 7 nitrogen and oxygen atoms in total. The van der Waals surface area contributed by atoms with Crippen LogP contribution in [0.25, 0.3) is 0 Å². The summed E-state index contributed by atoms with van der Waals surface area (Å²) in [5.74, 6) is -1.20. The first kappa shape index (κ1) is 20.7. The number of aromatic carboxylic acids is 1. The van der Waals surface area contributed by atoms with Crippen LogP contribution in [0.1, 0.15) is 30.6 Å². The van der Waals surface area contributed by atoms with Crippen molar-refractivity contribution in [1.82, 2.24) is 0 Å². The molecule has 0 aliphatic rings. The summed E-state index contributed by atoms with van der Waals surface area (Å²) in [4.78, 5) is 11.4. The summed E-state index contributed by atoms with van der Waals surface area (Å²) >= 11 is 0. The van der Waals surface area contributed by atoms with Gasteiger partial charge in [0, 0.05) is 24.5 Å². The number of rotatable bonds is 10. The van der Waals surface area contributed by atoms with Gasteiger partial charge in [-0.15, -0.1) is 0 Å². The molecule has 146 valence electrons. The molecule has 0 spiro atoms. The number of carbonyl (C=O) groups is 1. The van der Waals surface area contributed by atoms with E-state index in [1.807, 2.05) is 13.8 Å². The van der Waals surface area contributed by atoms with E-state index in [1.165, 1.54) is 12.1 Å². The molecular formula is C19H24N2O5S. The highest BCUT2D eigenvalue weighted by Gasteiger charge is 2.19. The average molecular weight is 392 g/mol. The van der Waals surface area contributed by atoms with Crippen molar-refractivity contribution in [3.05, 3.63) is 54.1 Å². The highest BCUT2D eigenvalue weighted by atomic mass is 32.2. The summed E-state index contributed by atoms with van der Waals surface area (Å²) in [6.45, 7) is 4.96. The number of carboxylic acids is 1. The highest BCUT2D eigenvalue weighted by molar-refractivity contribution is 7.92. The molecule has 0 aromatic heterocycles. The number of anilines is 2. The van der Waals surface area contributed by atoms with Crippen LogP contribution in [0.2, 0.25) is 0 Å². The molecule has 0 amide bonds. The second kappa shape index (κ2) is 9.38. The van der Waals surface area contributed by atoms with E-state index in [0.29, 0.717) is 30.9 Å². The summed E-state index contributed by atoms with van der Waals surface area (Å²) in [5, 5.41) is 12.5.